The van der Waals surface area contributed by atoms with Crippen molar-refractivity contribution in [3.63, 3.8) is 0 Å². The van der Waals surface area contributed by atoms with E-state index in [1.807, 2.05) is 44.2 Å². The molecule has 4 heteroatoms. The second-order valence-electron chi connectivity index (χ2n) is 3.94. The lowest BCUT2D eigenvalue weighted by molar-refractivity contribution is -0.130. The van der Waals surface area contributed by atoms with Crippen LogP contribution < -0.4 is 0 Å². The first-order valence-electron chi connectivity index (χ1n) is 6.19. The predicted molar refractivity (Wildman–Crippen MR) is 74.5 cm³/mol. The van der Waals surface area contributed by atoms with E-state index < -0.39 is 12.2 Å². The lowest BCUT2D eigenvalue weighted by Crippen LogP contribution is -2.34. The number of rotatable bonds is 7. The third-order valence-corrected chi connectivity index (χ3v) is 3.36. The molecule has 0 aliphatic heterocycles. The van der Waals surface area contributed by atoms with E-state index in [1.165, 1.54) is 11.8 Å². The molecule has 0 fully saturated rings. The first-order chi connectivity index (χ1) is 8.69. The van der Waals surface area contributed by atoms with Crippen molar-refractivity contribution in [2.45, 2.75) is 39.1 Å². The minimum Gasteiger partial charge on any atom is -0.390 e. The van der Waals surface area contributed by atoms with Gasteiger partial charge in [0.25, 0.3) is 0 Å². The van der Waals surface area contributed by atoms with E-state index >= 15 is 0 Å². The number of carbonyl (C=O) groups is 1. The van der Waals surface area contributed by atoms with E-state index in [9.17, 15) is 9.90 Å². The van der Waals surface area contributed by atoms with Crippen LogP contribution in [0.15, 0.2) is 30.3 Å². The Morgan fingerprint density at radius 1 is 1.33 bits per heavy atom. The van der Waals surface area contributed by atoms with E-state index in [-0.39, 0.29) is 5.12 Å². The van der Waals surface area contributed by atoms with Crippen molar-refractivity contribution >= 4 is 16.9 Å². The normalized spacial score (nSPS) is 14.2. The molecular formula is C14H20O3S. The summed E-state index contributed by atoms with van der Waals surface area (Å²) in [6.45, 7) is 4.10. The molecule has 1 N–H and O–H groups in total. The highest BCUT2D eigenvalue weighted by atomic mass is 32.2. The Morgan fingerprint density at radius 2 is 2.00 bits per heavy atom. The molecule has 3 nitrogen and oxygen atoms in total. The van der Waals surface area contributed by atoms with Crippen LogP contribution in [-0.4, -0.2) is 28.2 Å². The molecule has 0 aromatic heterocycles. The quantitative estimate of drug-likeness (QED) is 0.825. The summed E-state index contributed by atoms with van der Waals surface area (Å²) < 4.78 is 5.57. The molecule has 0 saturated heterocycles. The van der Waals surface area contributed by atoms with Crippen molar-refractivity contribution < 1.29 is 14.6 Å². The number of benzene rings is 1. The molecule has 1 rings (SSSR count). The molecule has 0 bridgehead atoms. The van der Waals surface area contributed by atoms with Crippen LogP contribution in [0.25, 0.3) is 0 Å². The number of aliphatic hydroxyl groups excluding tert-OH is 1. The van der Waals surface area contributed by atoms with E-state index in [0.717, 1.165) is 5.56 Å². The average Bonchev–Trinajstić information content (AvgIpc) is 2.40. The zero-order chi connectivity index (χ0) is 13.4. The monoisotopic (exact) mass is 268 g/mol. The maximum atomic E-state index is 11.8. The summed E-state index contributed by atoms with van der Waals surface area (Å²) in [4.78, 5) is 11.8. The van der Waals surface area contributed by atoms with E-state index in [0.29, 0.717) is 18.8 Å². The van der Waals surface area contributed by atoms with Gasteiger partial charge in [-0.2, -0.15) is 0 Å². The summed E-state index contributed by atoms with van der Waals surface area (Å²) >= 11 is 1.19. The van der Waals surface area contributed by atoms with Gasteiger partial charge < -0.3 is 9.84 Å². The summed E-state index contributed by atoms with van der Waals surface area (Å²) in [5.74, 6) is 0.695. The molecule has 2 atom stereocenters. The van der Waals surface area contributed by atoms with Crippen LogP contribution in [-0.2, 0) is 16.1 Å². The summed E-state index contributed by atoms with van der Waals surface area (Å²) in [6, 6.07) is 9.65. The first kappa shape index (κ1) is 15.2. The first-order valence-corrected chi connectivity index (χ1v) is 7.17. The molecule has 1 aromatic rings. The van der Waals surface area contributed by atoms with Gasteiger partial charge in [0.2, 0.25) is 5.12 Å². The fourth-order valence-corrected chi connectivity index (χ4v) is 2.21. The number of ether oxygens (including phenoxy) is 1. The Morgan fingerprint density at radius 3 is 2.56 bits per heavy atom. The molecule has 100 valence electrons. The number of carbonyl (C=O) groups excluding carboxylic acids is 1. The molecule has 0 radical (unpaired) electrons. The topological polar surface area (TPSA) is 46.5 Å². The number of hydrogen-bond donors (Lipinski definition) is 1. The molecule has 0 heterocycles. The van der Waals surface area contributed by atoms with Crippen molar-refractivity contribution in [1.29, 1.82) is 0 Å². The van der Waals surface area contributed by atoms with Gasteiger partial charge in [0, 0.05) is 0 Å². The summed E-state index contributed by atoms with van der Waals surface area (Å²) in [6.07, 6.45) is -0.962. The number of hydrogen-bond acceptors (Lipinski definition) is 4. The minimum atomic E-state index is -0.736. The Labute approximate surface area is 113 Å². The highest BCUT2D eigenvalue weighted by Crippen LogP contribution is 2.15. The second-order valence-corrected chi connectivity index (χ2v) is 5.21. The van der Waals surface area contributed by atoms with Crippen LogP contribution in [0.4, 0.5) is 0 Å². The second kappa shape index (κ2) is 8.29. The molecule has 1 aromatic carbocycles. The predicted octanol–water partition coefficient (Wildman–Crippen LogP) is 2.62. The highest BCUT2D eigenvalue weighted by Gasteiger charge is 2.26. The standard InChI is InChI=1S/C14H20O3S/c1-3-12(15)13(14(16)18-4-2)17-10-11-8-6-5-7-9-11/h5-9,12-13,15H,3-4,10H2,1-2H3/t12-,13+/m1/s1. The van der Waals surface area contributed by atoms with Gasteiger partial charge in [-0.3, -0.25) is 4.79 Å². The van der Waals surface area contributed by atoms with Crippen molar-refractivity contribution in [3.8, 4) is 0 Å². The lowest BCUT2D eigenvalue weighted by atomic mass is 10.1. The van der Waals surface area contributed by atoms with Crippen LogP contribution in [0, 0.1) is 0 Å². The average molecular weight is 268 g/mol. The van der Waals surface area contributed by atoms with E-state index in [1.54, 1.807) is 0 Å². The van der Waals surface area contributed by atoms with Crippen molar-refractivity contribution in [3.05, 3.63) is 35.9 Å². The fourth-order valence-electron chi connectivity index (χ4n) is 1.53. The smallest absolute Gasteiger partial charge is 0.220 e. The van der Waals surface area contributed by atoms with Crippen LogP contribution in [0.5, 0.6) is 0 Å². The fraction of sp³-hybridized carbons (Fsp3) is 0.500. The molecular weight excluding hydrogens is 248 g/mol. The lowest BCUT2D eigenvalue weighted by Gasteiger charge is -2.20. The molecule has 18 heavy (non-hydrogen) atoms. The third-order valence-electron chi connectivity index (χ3n) is 2.56. The Balaban J connectivity index is 2.59. The maximum Gasteiger partial charge on any atom is 0.220 e. The third kappa shape index (κ3) is 4.80. The summed E-state index contributed by atoms with van der Waals surface area (Å²) in [5.41, 5.74) is 1.00. The molecule has 0 aliphatic carbocycles. The van der Waals surface area contributed by atoms with E-state index in [4.69, 9.17) is 4.74 Å². The zero-order valence-corrected chi connectivity index (χ0v) is 11.7. The Kier molecular flexibility index (Phi) is 7.01. The summed E-state index contributed by atoms with van der Waals surface area (Å²) in [7, 11) is 0. The van der Waals surface area contributed by atoms with Gasteiger partial charge in [-0.15, -0.1) is 0 Å². The van der Waals surface area contributed by atoms with Crippen LogP contribution in [0.3, 0.4) is 0 Å². The van der Waals surface area contributed by atoms with Gasteiger partial charge in [0.15, 0.2) is 6.10 Å². The Hall–Kier alpha value is -0.840. The molecule has 0 spiro atoms. The van der Waals surface area contributed by atoms with Gasteiger partial charge in [0.05, 0.1) is 12.7 Å². The van der Waals surface area contributed by atoms with Crippen LogP contribution in [0.2, 0.25) is 0 Å². The van der Waals surface area contributed by atoms with E-state index in [2.05, 4.69) is 0 Å². The van der Waals surface area contributed by atoms with Gasteiger partial charge in [-0.25, -0.2) is 0 Å². The van der Waals surface area contributed by atoms with Crippen molar-refractivity contribution in [1.82, 2.24) is 0 Å². The maximum absolute atomic E-state index is 11.8. The highest BCUT2D eigenvalue weighted by molar-refractivity contribution is 8.13. The molecule has 0 saturated carbocycles. The van der Waals surface area contributed by atoms with Gasteiger partial charge in [-0.1, -0.05) is 55.9 Å². The van der Waals surface area contributed by atoms with Crippen molar-refractivity contribution in [2.24, 2.45) is 0 Å². The molecule has 0 amide bonds. The Bertz CT molecular complexity index is 353. The summed E-state index contributed by atoms with van der Waals surface area (Å²) in [5, 5.41) is 9.74. The number of thioether (sulfide) groups is 1. The van der Waals surface area contributed by atoms with Gasteiger partial charge >= 0.3 is 0 Å². The number of aliphatic hydroxyl groups is 1. The zero-order valence-electron chi connectivity index (χ0n) is 10.8. The van der Waals surface area contributed by atoms with Gasteiger partial charge in [-0.05, 0) is 17.7 Å². The molecule has 0 aliphatic rings. The van der Waals surface area contributed by atoms with Crippen LogP contribution in [0.1, 0.15) is 25.8 Å². The molecule has 0 unspecified atom stereocenters. The van der Waals surface area contributed by atoms with Gasteiger partial charge in [0.1, 0.15) is 0 Å². The largest absolute Gasteiger partial charge is 0.390 e. The SMILES string of the molecule is CCSC(=O)[C@@H](OCc1ccccc1)[C@H](O)CC. The van der Waals surface area contributed by atoms with Crippen molar-refractivity contribution in [2.75, 3.05) is 5.75 Å². The van der Waals surface area contributed by atoms with Crippen LogP contribution >= 0.6 is 11.8 Å². The minimum absolute atomic E-state index is 0.0946.